The summed E-state index contributed by atoms with van der Waals surface area (Å²) in [6, 6.07) is 7.70. The molecule has 2 rings (SSSR count). The monoisotopic (exact) mass is 240 g/mol. The first kappa shape index (κ1) is 10.9. The molecule has 0 aliphatic carbocycles. The van der Waals surface area contributed by atoms with Gasteiger partial charge in [-0.25, -0.2) is 8.78 Å². The molecule has 0 aliphatic rings. The van der Waals surface area contributed by atoms with Crippen molar-refractivity contribution in [2.24, 2.45) is 0 Å². The second kappa shape index (κ2) is 4.10. The molecule has 0 saturated heterocycles. The zero-order valence-electron chi connectivity index (χ0n) is 8.05. The molecule has 0 amide bonds. The standard InChI is InChI=1S/C12H7ClF2O/c13-10-5-7(1-4-11(10)14)9-3-2-8(16)6-12(9)15/h1-6,16H. The van der Waals surface area contributed by atoms with Crippen LogP contribution >= 0.6 is 11.6 Å². The highest BCUT2D eigenvalue weighted by molar-refractivity contribution is 6.31. The van der Waals surface area contributed by atoms with Crippen molar-refractivity contribution in [3.05, 3.63) is 53.1 Å². The summed E-state index contributed by atoms with van der Waals surface area (Å²) < 4.78 is 26.4. The van der Waals surface area contributed by atoms with E-state index in [1.54, 1.807) is 0 Å². The topological polar surface area (TPSA) is 20.2 Å². The minimum Gasteiger partial charge on any atom is -0.508 e. The molecule has 0 spiro atoms. The zero-order chi connectivity index (χ0) is 11.7. The first-order chi connectivity index (χ1) is 7.58. The highest BCUT2D eigenvalue weighted by atomic mass is 35.5. The third-order valence-corrected chi connectivity index (χ3v) is 2.47. The van der Waals surface area contributed by atoms with Gasteiger partial charge in [-0.2, -0.15) is 0 Å². The van der Waals surface area contributed by atoms with Gasteiger partial charge in [0.2, 0.25) is 0 Å². The summed E-state index contributed by atoms with van der Waals surface area (Å²) in [7, 11) is 0. The van der Waals surface area contributed by atoms with E-state index in [2.05, 4.69) is 0 Å². The van der Waals surface area contributed by atoms with E-state index in [4.69, 9.17) is 16.7 Å². The maximum absolute atomic E-state index is 13.5. The van der Waals surface area contributed by atoms with E-state index >= 15 is 0 Å². The quantitative estimate of drug-likeness (QED) is 0.799. The van der Waals surface area contributed by atoms with Crippen LogP contribution in [0.15, 0.2) is 36.4 Å². The predicted molar refractivity (Wildman–Crippen MR) is 58.5 cm³/mol. The van der Waals surface area contributed by atoms with Crippen molar-refractivity contribution >= 4 is 11.6 Å². The van der Waals surface area contributed by atoms with Crippen LogP contribution in [0.2, 0.25) is 5.02 Å². The average Bonchev–Trinajstić information content (AvgIpc) is 2.22. The molecule has 0 bridgehead atoms. The fourth-order valence-corrected chi connectivity index (χ4v) is 1.58. The molecule has 1 nitrogen and oxygen atoms in total. The van der Waals surface area contributed by atoms with Crippen molar-refractivity contribution in [1.82, 2.24) is 0 Å². The third kappa shape index (κ3) is 1.99. The molecule has 2 aromatic carbocycles. The fourth-order valence-electron chi connectivity index (χ4n) is 1.40. The van der Waals surface area contributed by atoms with Gasteiger partial charge in [-0.05, 0) is 29.8 Å². The van der Waals surface area contributed by atoms with E-state index in [1.807, 2.05) is 0 Å². The number of hydrogen-bond donors (Lipinski definition) is 1. The molecular weight excluding hydrogens is 234 g/mol. The van der Waals surface area contributed by atoms with Crippen LogP contribution in [0.25, 0.3) is 11.1 Å². The molecular formula is C12H7ClF2O. The normalized spacial score (nSPS) is 10.4. The number of halogens is 3. The van der Waals surface area contributed by atoms with Crippen LogP contribution in [0.3, 0.4) is 0 Å². The Hall–Kier alpha value is -1.61. The average molecular weight is 241 g/mol. The lowest BCUT2D eigenvalue weighted by Crippen LogP contribution is -1.85. The van der Waals surface area contributed by atoms with Gasteiger partial charge >= 0.3 is 0 Å². The van der Waals surface area contributed by atoms with Crippen LogP contribution in [0.1, 0.15) is 0 Å². The van der Waals surface area contributed by atoms with E-state index in [0.717, 1.165) is 6.07 Å². The highest BCUT2D eigenvalue weighted by Gasteiger charge is 2.08. The van der Waals surface area contributed by atoms with Crippen molar-refractivity contribution in [3.8, 4) is 16.9 Å². The molecule has 2 aromatic rings. The Morgan fingerprint density at radius 2 is 1.69 bits per heavy atom. The van der Waals surface area contributed by atoms with Gasteiger partial charge in [-0.15, -0.1) is 0 Å². The first-order valence-corrected chi connectivity index (χ1v) is 4.89. The number of rotatable bonds is 1. The summed E-state index contributed by atoms with van der Waals surface area (Å²) >= 11 is 5.60. The molecule has 82 valence electrons. The van der Waals surface area contributed by atoms with Crippen molar-refractivity contribution in [2.75, 3.05) is 0 Å². The Morgan fingerprint density at radius 1 is 0.938 bits per heavy atom. The number of aromatic hydroxyl groups is 1. The maximum Gasteiger partial charge on any atom is 0.141 e. The van der Waals surface area contributed by atoms with Crippen molar-refractivity contribution in [1.29, 1.82) is 0 Å². The Bertz CT molecular complexity index is 541. The summed E-state index contributed by atoms with van der Waals surface area (Å²) in [5, 5.41) is 8.99. The minimum absolute atomic E-state index is 0.0648. The van der Waals surface area contributed by atoms with Gasteiger partial charge in [0, 0.05) is 11.6 Å². The number of hydrogen-bond acceptors (Lipinski definition) is 1. The lowest BCUT2D eigenvalue weighted by Gasteiger charge is -2.04. The van der Waals surface area contributed by atoms with Crippen molar-refractivity contribution < 1.29 is 13.9 Å². The van der Waals surface area contributed by atoms with Gasteiger partial charge < -0.3 is 5.11 Å². The van der Waals surface area contributed by atoms with Gasteiger partial charge in [0.15, 0.2) is 0 Å². The summed E-state index contributed by atoms with van der Waals surface area (Å²) in [4.78, 5) is 0. The maximum atomic E-state index is 13.5. The second-order valence-electron chi connectivity index (χ2n) is 3.29. The molecule has 0 saturated carbocycles. The van der Waals surface area contributed by atoms with Crippen LogP contribution in [-0.4, -0.2) is 5.11 Å². The Kier molecular flexibility index (Phi) is 2.79. The van der Waals surface area contributed by atoms with Crippen LogP contribution < -0.4 is 0 Å². The first-order valence-electron chi connectivity index (χ1n) is 4.52. The van der Waals surface area contributed by atoms with E-state index in [1.165, 1.54) is 30.3 Å². The molecule has 0 heterocycles. The number of phenols is 1. The highest BCUT2D eigenvalue weighted by Crippen LogP contribution is 2.28. The summed E-state index contributed by atoms with van der Waals surface area (Å²) in [6.45, 7) is 0. The van der Waals surface area contributed by atoms with Gasteiger partial charge in [-0.1, -0.05) is 17.7 Å². The molecule has 1 N–H and O–H groups in total. The second-order valence-corrected chi connectivity index (χ2v) is 3.70. The molecule has 4 heteroatoms. The zero-order valence-corrected chi connectivity index (χ0v) is 8.80. The summed E-state index contributed by atoms with van der Waals surface area (Å²) in [5.41, 5.74) is 0.726. The van der Waals surface area contributed by atoms with E-state index < -0.39 is 11.6 Å². The van der Waals surface area contributed by atoms with E-state index in [0.29, 0.717) is 5.56 Å². The van der Waals surface area contributed by atoms with E-state index in [9.17, 15) is 8.78 Å². The SMILES string of the molecule is Oc1ccc(-c2ccc(F)c(Cl)c2)c(F)c1. The van der Waals surface area contributed by atoms with Crippen molar-refractivity contribution in [2.45, 2.75) is 0 Å². The minimum atomic E-state index is -0.581. The van der Waals surface area contributed by atoms with Crippen LogP contribution in [0.5, 0.6) is 5.75 Å². The Labute approximate surface area is 95.9 Å². The van der Waals surface area contributed by atoms with Gasteiger partial charge in [0.05, 0.1) is 5.02 Å². The lowest BCUT2D eigenvalue weighted by molar-refractivity contribution is 0.469. The van der Waals surface area contributed by atoms with Gasteiger partial charge in [-0.3, -0.25) is 0 Å². The fraction of sp³-hybridized carbons (Fsp3) is 0. The Morgan fingerprint density at radius 3 is 2.31 bits per heavy atom. The van der Waals surface area contributed by atoms with Gasteiger partial charge in [0.25, 0.3) is 0 Å². The molecule has 0 fully saturated rings. The molecule has 0 aromatic heterocycles. The summed E-state index contributed by atoms with van der Waals surface area (Å²) in [6.07, 6.45) is 0. The Balaban J connectivity index is 2.54. The van der Waals surface area contributed by atoms with E-state index in [-0.39, 0.29) is 16.3 Å². The number of phenolic OH excluding ortho intramolecular Hbond substituents is 1. The molecule has 16 heavy (non-hydrogen) atoms. The van der Waals surface area contributed by atoms with Crippen LogP contribution in [0.4, 0.5) is 8.78 Å². The van der Waals surface area contributed by atoms with Crippen LogP contribution in [-0.2, 0) is 0 Å². The lowest BCUT2D eigenvalue weighted by atomic mass is 10.1. The summed E-state index contributed by atoms with van der Waals surface area (Å²) in [5.74, 6) is -1.29. The van der Waals surface area contributed by atoms with Gasteiger partial charge in [0.1, 0.15) is 17.4 Å². The molecule has 0 atom stereocenters. The molecule has 0 radical (unpaired) electrons. The van der Waals surface area contributed by atoms with Crippen molar-refractivity contribution in [3.63, 3.8) is 0 Å². The van der Waals surface area contributed by atoms with Crippen LogP contribution in [0, 0.1) is 11.6 Å². The molecule has 0 aliphatic heterocycles. The third-order valence-electron chi connectivity index (χ3n) is 2.18. The predicted octanol–water partition coefficient (Wildman–Crippen LogP) is 3.99. The molecule has 0 unspecified atom stereocenters. The smallest absolute Gasteiger partial charge is 0.141 e. The largest absolute Gasteiger partial charge is 0.508 e. The number of benzene rings is 2.